The van der Waals surface area contributed by atoms with Gasteiger partial charge in [0, 0.05) is 0 Å². The molecule has 8 heteroatoms. The molecule has 0 spiro atoms. The standard InChI is InChI=1S/C13H10BrN5O2/c1-20-11-10(14)7-15-12(17-11)21-13-16-8-19(18-13)9-5-3-2-4-6-9/h2-8H,1H3. The Morgan fingerprint density at radius 2 is 1.90 bits per heavy atom. The molecule has 3 aromatic rings. The number of hydrogen-bond acceptors (Lipinski definition) is 6. The highest BCUT2D eigenvalue weighted by atomic mass is 79.9. The number of hydrogen-bond donors (Lipinski definition) is 0. The molecule has 0 aliphatic rings. The minimum Gasteiger partial charge on any atom is -0.480 e. The van der Waals surface area contributed by atoms with Gasteiger partial charge in [-0.1, -0.05) is 18.2 Å². The van der Waals surface area contributed by atoms with Crippen LogP contribution in [0.4, 0.5) is 0 Å². The number of rotatable bonds is 4. The van der Waals surface area contributed by atoms with Crippen molar-refractivity contribution in [3.05, 3.63) is 47.3 Å². The molecule has 0 fully saturated rings. The topological polar surface area (TPSA) is 75.0 Å². The maximum absolute atomic E-state index is 5.41. The minimum atomic E-state index is 0.112. The second-order valence-corrected chi connectivity index (χ2v) is 4.77. The lowest BCUT2D eigenvalue weighted by molar-refractivity contribution is 0.364. The second kappa shape index (κ2) is 5.88. The molecule has 106 valence electrons. The smallest absolute Gasteiger partial charge is 0.343 e. The van der Waals surface area contributed by atoms with Crippen LogP contribution in [0.1, 0.15) is 0 Å². The summed E-state index contributed by atoms with van der Waals surface area (Å²) in [6.45, 7) is 0. The van der Waals surface area contributed by atoms with Crippen molar-refractivity contribution in [3.8, 4) is 23.6 Å². The van der Waals surface area contributed by atoms with Crippen LogP contribution in [-0.4, -0.2) is 31.8 Å². The predicted octanol–water partition coefficient (Wildman–Crippen LogP) is 2.62. The maximum atomic E-state index is 5.41. The van der Waals surface area contributed by atoms with Crippen LogP contribution in [0.3, 0.4) is 0 Å². The summed E-state index contributed by atoms with van der Waals surface area (Å²) in [5.41, 5.74) is 0.883. The summed E-state index contributed by atoms with van der Waals surface area (Å²) in [5, 5.41) is 4.20. The zero-order chi connectivity index (χ0) is 14.7. The van der Waals surface area contributed by atoms with Crippen molar-refractivity contribution in [2.45, 2.75) is 0 Å². The third-order valence-electron chi connectivity index (χ3n) is 2.56. The summed E-state index contributed by atoms with van der Waals surface area (Å²) in [4.78, 5) is 12.2. The van der Waals surface area contributed by atoms with Crippen LogP contribution in [0.25, 0.3) is 5.69 Å². The molecule has 0 aliphatic heterocycles. The fourth-order valence-electron chi connectivity index (χ4n) is 1.61. The summed E-state index contributed by atoms with van der Waals surface area (Å²) >= 11 is 3.27. The largest absolute Gasteiger partial charge is 0.480 e. The molecular weight excluding hydrogens is 338 g/mol. The van der Waals surface area contributed by atoms with Gasteiger partial charge in [0.25, 0.3) is 0 Å². The van der Waals surface area contributed by atoms with Gasteiger partial charge in [0.05, 0.1) is 23.5 Å². The first-order valence-electron chi connectivity index (χ1n) is 5.98. The zero-order valence-corrected chi connectivity index (χ0v) is 12.6. The van der Waals surface area contributed by atoms with Crippen molar-refractivity contribution in [2.75, 3.05) is 7.11 Å². The molecule has 0 amide bonds. The fourth-order valence-corrected chi connectivity index (χ4v) is 1.96. The SMILES string of the molecule is COc1nc(Oc2ncn(-c3ccccc3)n2)ncc1Br. The summed E-state index contributed by atoms with van der Waals surface area (Å²) in [6.07, 6.45) is 3.09. The molecule has 0 saturated heterocycles. The first-order valence-corrected chi connectivity index (χ1v) is 6.77. The number of halogens is 1. The Morgan fingerprint density at radius 3 is 2.67 bits per heavy atom. The first kappa shape index (κ1) is 13.5. The molecule has 0 unspecified atom stereocenters. The Hall–Kier alpha value is -2.48. The number of methoxy groups -OCH3 is 1. The lowest BCUT2D eigenvalue weighted by atomic mass is 10.3. The predicted molar refractivity (Wildman–Crippen MR) is 77.7 cm³/mol. The average Bonchev–Trinajstić information content (AvgIpc) is 2.98. The number of nitrogens with zero attached hydrogens (tertiary/aromatic N) is 5. The monoisotopic (exact) mass is 347 g/mol. The summed E-state index contributed by atoms with van der Waals surface area (Å²) in [5.74, 6) is 0.377. The number of benzene rings is 1. The van der Waals surface area contributed by atoms with E-state index in [1.54, 1.807) is 11.0 Å². The van der Waals surface area contributed by atoms with E-state index in [1.165, 1.54) is 13.3 Å². The van der Waals surface area contributed by atoms with E-state index in [0.717, 1.165) is 5.69 Å². The van der Waals surface area contributed by atoms with E-state index in [4.69, 9.17) is 9.47 Å². The number of aromatic nitrogens is 5. The van der Waals surface area contributed by atoms with Crippen LogP contribution in [0, 0.1) is 0 Å². The molecule has 21 heavy (non-hydrogen) atoms. The van der Waals surface area contributed by atoms with Crippen molar-refractivity contribution in [1.29, 1.82) is 0 Å². The quantitative estimate of drug-likeness (QED) is 0.722. The Kier molecular flexibility index (Phi) is 3.78. The van der Waals surface area contributed by atoms with Gasteiger partial charge in [0.15, 0.2) is 0 Å². The fraction of sp³-hybridized carbons (Fsp3) is 0.0769. The molecule has 0 aliphatic carbocycles. The molecule has 7 nitrogen and oxygen atoms in total. The van der Waals surface area contributed by atoms with E-state index in [9.17, 15) is 0 Å². The molecule has 2 aromatic heterocycles. The number of para-hydroxylation sites is 1. The van der Waals surface area contributed by atoms with Gasteiger partial charge in [-0.2, -0.15) is 9.97 Å². The van der Waals surface area contributed by atoms with Crippen molar-refractivity contribution in [1.82, 2.24) is 24.7 Å². The average molecular weight is 348 g/mol. The van der Waals surface area contributed by atoms with Gasteiger partial charge < -0.3 is 9.47 Å². The second-order valence-electron chi connectivity index (χ2n) is 3.92. The summed E-state index contributed by atoms with van der Waals surface area (Å²) < 4.78 is 12.7. The summed E-state index contributed by atoms with van der Waals surface area (Å²) in [6, 6.07) is 9.86. The molecule has 0 bridgehead atoms. The van der Waals surface area contributed by atoms with Crippen LogP contribution in [0.2, 0.25) is 0 Å². The van der Waals surface area contributed by atoms with E-state index in [-0.39, 0.29) is 12.0 Å². The van der Waals surface area contributed by atoms with Gasteiger partial charge in [-0.25, -0.2) is 9.67 Å². The van der Waals surface area contributed by atoms with Gasteiger partial charge in [0.1, 0.15) is 6.33 Å². The third kappa shape index (κ3) is 3.00. The third-order valence-corrected chi connectivity index (χ3v) is 3.10. The highest BCUT2D eigenvalue weighted by Gasteiger charge is 2.10. The zero-order valence-electron chi connectivity index (χ0n) is 11.0. The van der Waals surface area contributed by atoms with Gasteiger partial charge >= 0.3 is 12.0 Å². The van der Waals surface area contributed by atoms with Gasteiger partial charge in [-0.05, 0) is 28.1 Å². The van der Waals surface area contributed by atoms with Crippen LogP contribution in [0.5, 0.6) is 17.9 Å². The molecular formula is C13H10BrN5O2. The lowest BCUT2D eigenvalue weighted by Crippen LogP contribution is -1.98. The van der Waals surface area contributed by atoms with Crippen molar-refractivity contribution in [2.24, 2.45) is 0 Å². The van der Waals surface area contributed by atoms with Crippen LogP contribution in [0.15, 0.2) is 47.3 Å². The highest BCUT2D eigenvalue weighted by Crippen LogP contribution is 2.24. The molecule has 0 saturated carbocycles. The van der Waals surface area contributed by atoms with Crippen LogP contribution < -0.4 is 9.47 Å². The molecule has 0 radical (unpaired) electrons. The van der Waals surface area contributed by atoms with Gasteiger partial charge in [-0.15, -0.1) is 5.10 Å². The normalized spacial score (nSPS) is 10.4. The molecule has 0 atom stereocenters. The number of ether oxygens (including phenoxy) is 2. The molecule has 0 N–H and O–H groups in total. The van der Waals surface area contributed by atoms with Crippen molar-refractivity contribution in [3.63, 3.8) is 0 Å². The van der Waals surface area contributed by atoms with Gasteiger partial charge in [-0.3, -0.25) is 0 Å². The van der Waals surface area contributed by atoms with E-state index in [1.807, 2.05) is 30.3 Å². The van der Waals surface area contributed by atoms with Crippen molar-refractivity contribution >= 4 is 15.9 Å². The van der Waals surface area contributed by atoms with Gasteiger partial charge in [0.2, 0.25) is 5.88 Å². The Bertz CT molecular complexity index is 747. The minimum absolute atomic E-state index is 0.112. The Balaban J connectivity index is 1.82. The highest BCUT2D eigenvalue weighted by molar-refractivity contribution is 9.10. The van der Waals surface area contributed by atoms with E-state index >= 15 is 0 Å². The van der Waals surface area contributed by atoms with E-state index in [0.29, 0.717) is 10.4 Å². The molecule has 3 rings (SSSR count). The molecule has 1 aromatic carbocycles. The van der Waals surface area contributed by atoms with Crippen molar-refractivity contribution < 1.29 is 9.47 Å². The first-order chi connectivity index (χ1) is 10.3. The van der Waals surface area contributed by atoms with E-state index in [2.05, 4.69) is 36.0 Å². The lowest BCUT2D eigenvalue weighted by Gasteiger charge is -2.03. The molecule has 2 heterocycles. The van der Waals surface area contributed by atoms with E-state index < -0.39 is 0 Å². The maximum Gasteiger partial charge on any atom is 0.343 e. The Morgan fingerprint density at radius 1 is 1.10 bits per heavy atom. The Labute approximate surface area is 128 Å². The van der Waals surface area contributed by atoms with Crippen LogP contribution in [-0.2, 0) is 0 Å². The summed E-state index contributed by atoms with van der Waals surface area (Å²) in [7, 11) is 1.51. The van der Waals surface area contributed by atoms with Crippen LogP contribution >= 0.6 is 15.9 Å².